The van der Waals surface area contributed by atoms with E-state index in [0.29, 0.717) is 29.7 Å². The van der Waals surface area contributed by atoms with Crippen LogP contribution in [0.2, 0.25) is 0 Å². The van der Waals surface area contributed by atoms with Gasteiger partial charge >= 0.3 is 0 Å². The Bertz CT molecular complexity index is 900. The Balaban J connectivity index is 1.19. The topological polar surface area (TPSA) is 60.9 Å². The van der Waals surface area contributed by atoms with Gasteiger partial charge in [-0.15, -0.1) is 0 Å². The van der Waals surface area contributed by atoms with Crippen LogP contribution < -0.4 is 0 Å². The van der Waals surface area contributed by atoms with Gasteiger partial charge in [0.1, 0.15) is 0 Å². The summed E-state index contributed by atoms with van der Waals surface area (Å²) >= 11 is 0. The maximum absolute atomic E-state index is 13.0. The predicted molar refractivity (Wildman–Crippen MR) is 143 cm³/mol. The molecular weight excluding hydrogens is 448 g/mol. The normalized spacial score (nSPS) is 42.7. The first-order valence-corrected chi connectivity index (χ1v) is 14.9. The quantitative estimate of drug-likeness (QED) is 0.515. The van der Waals surface area contributed by atoms with Gasteiger partial charge in [-0.05, 0) is 105 Å². The molecule has 202 valence electrons. The molecule has 0 spiro atoms. The first-order chi connectivity index (χ1) is 17.0. The van der Waals surface area contributed by atoms with Gasteiger partial charge in [0.05, 0.1) is 12.1 Å². The molecule has 5 aliphatic rings. The summed E-state index contributed by atoms with van der Waals surface area (Å²) < 4.78 is 0. The van der Waals surface area contributed by atoms with Crippen LogP contribution in [0.5, 0.6) is 0 Å². The lowest BCUT2D eigenvalue weighted by Gasteiger charge is -2.58. The van der Waals surface area contributed by atoms with Crippen LogP contribution in [0.4, 0.5) is 0 Å². The number of carbonyl (C=O) groups excluding carboxylic acids is 2. The summed E-state index contributed by atoms with van der Waals surface area (Å²) in [5, 5.41) is 10.3. The molecule has 0 aromatic rings. The Labute approximate surface area is 219 Å². The number of aliphatic hydroxyl groups is 1. The van der Waals surface area contributed by atoms with Gasteiger partial charge in [-0.1, -0.05) is 32.4 Å². The highest BCUT2D eigenvalue weighted by molar-refractivity contribution is 5.77. The molecule has 0 aromatic heterocycles. The summed E-state index contributed by atoms with van der Waals surface area (Å²) in [4.78, 5) is 28.5. The summed E-state index contributed by atoms with van der Waals surface area (Å²) in [6, 6.07) is 0.174. The molecule has 4 fully saturated rings. The van der Waals surface area contributed by atoms with Gasteiger partial charge in [0.25, 0.3) is 0 Å². The number of carbonyl (C=O) groups is 2. The van der Waals surface area contributed by atoms with Crippen LogP contribution in [0.25, 0.3) is 0 Å². The zero-order valence-corrected chi connectivity index (χ0v) is 23.5. The number of allylic oxidation sites excluding steroid dienone is 1. The number of aliphatic hydroxyl groups excluding tert-OH is 1. The molecule has 5 heteroatoms. The molecule has 0 radical (unpaired) electrons. The summed E-state index contributed by atoms with van der Waals surface area (Å²) in [5.74, 6) is 4.05. The lowest BCUT2D eigenvalue weighted by atomic mass is 9.47. The van der Waals surface area contributed by atoms with E-state index in [4.69, 9.17) is 0 Å². The summed E-state index contributed by atoms with van der Waals surface area (Å²) in [6.45, 7) is 10.6. The Hall–Kier alpha value is -1.36. The number of rotatable bonds is 5. The van der Waals surface area contributed by atoms with Crippen LogP contribution in [0.15, 0.2) is 11.6 Å². The largest absolute Gasteiger partial charge is 0.393 e. The SMILES string of the molecule is CC(=O)N(C)[C@H]1CCN(C(=O)CC[C@@H](C)[C@H]2CC[C@H]3[C@@H]4CC=C5C[C@@H](O)CC[C@]5(C)[C@H]4CC[C@]23C)C1. The van der Waals surface area contributed by atoms with Crippen molar-refractivity contribution in [3.8, 4) is 0 Å². The fourth-order valence-electron chi connectivity index (χ4n) is 9.87. The van der Waals surface area contributed by atoms with Crippen molar-refractivity contribution in [2.24, 2.45) is 40.4 Å². The number of hydrogen-bond acceptors (Lipinski definition) is 3. The van der Waals surface area contributed by atoms with Crippen molar-refractivity contribution < 1.29 is 14.7 Å². The molecule has 2 amide bonds. The van der Waals surface area contributed by atoms with Gasteiger partial charge in [-0.3, -0.25) is 9.59 Å². The molecule has 0 aromatic carbocycles. The molecule has 5 rings (SSSR count). The van der Waals surface area contributed by atoms with Crippen molar-refractivity contribution in [3.05, 3.63) is 11.6 Å². The van der Waals surface area contributed by atoms with Gasteiger partial charge in [0.2, 0.25) is 11.8 Å². The third-order valence-electron chi connectivity index (χ3n) is 12.2. The van der Waals surface area contributed by atoms with Crippen LogP contribution in [0, 0.1) is 40.4 Å². The molecule has 36 heavy (non-hydrogen) atoms. The summed E-state index contributed by atoms with van der Waals surface area (Å²) in [6.07, 6.45) is 14.5. The van der Waals surface area contributed by atoms with E-state index in [2.05, 4.69) is 26.8 Å². The summed E-state index contributed by atoms with van der Waals surface area (Å²) in [7, 11) is 1.86. The second-order valence-corrected chi connectivity index (χ2v) is 13.8. The minimum atomic E-state index is -0.129. The van der Waals surface area contributed by atoms with Gasteiger partial charge in [0, 0.05) is 33.5 Å². The molecule has 3 saturated carbocycles. The smallest absolute Gasteiger partial charge is 0.222 e. The second kappa shape index (κ2) is 9.75. The average molecular weight is 499 g/mol. The van der Waals surface area contributed by atoms with E-state index in [0.717, 1.165) is 62.3 Å². The molecule has 1 saturated heterocycles. The number of likely N-dealkylation sites (N-methyl/N-ethyl adjacent to an activating group) is 1. The molecule has 1 aliphatic heterocycles. The van der Waals surface area contributed by atoms with E-state index in [1.54, 1.807) is 17.4 Å². The zero-order chi connectivity index (χ0) is 25.8. The Morgan fingerprint density at radius 1 is 1.14 bits per heavy atom. The Kier molecular flexibility index (Phi) is 7.11. The Morgan fingerprint density at radius 2 is 1.92 bits per heavy atom. The van der Waals surface area contributed by atoms with Crippen LogP contribution in [0.1, 0.15) is 98.3 Å². The van der Waals surface area contributed by atoms with Crippen molar-refractivity contribution >= 4 is 11.8 Å². The second-order valence-electron chi connectivity index (χ2n) is 13.8. The number of hydrogen-bond donors (Lipinski definition) is 1. The van der Waals surface area contributed by atoms with E-state index in [-0.39, 0.29) is 24.0 Å². The highest BCUT2D eigenvalue weighted by Crippen LogP contribution is 2.67. The van der Waals surface area contributed by atoms with Gasteiger partial charge in [0.15, 0.2) is 0 Å². The predicted octanol–water partition coefficient (Wildman–Crippen LogP) is 5.42. The number of nitrogens with zero attached hydrogens (tertiary/aromatic N) is 2. The molecular formula is C31H50N2O3. The molecule has 0 bridgehead atoms. The highest BCUT2D eigenvalue weighted by Gasteiger charge is 2.59. The summed E-state index contributed by atoms with van der Waals surface area (Å²) in [5.41, 5.74) is 2.28. The fraction of sp³-hybridized carbons (Fsp3) is 0.871. The Morgan fingerprint density at radius 3 is 2.67 bits per heavy atom. The first-order valence-electron chi connectivity index (χ1n) is 14.9. The molecule has 1 N–H and O–H groups in total. The van der Waals surface area contributed by atoms with Crippen molar-refractivity contribution in [1.82, 2.24) is 9.80 Å². The van der Waals surface area contributed by atoms with E-state index >= 15 is 0 Å². The lowest BCUT2D eigenvalue weighted by molar-refractivity contribution is -0.133. The number of fused-ring (bicyclic) bond motifs is 5. The monoisotopic (exact) mass is 498 g/mol. The van der Waals surface area contributed by atoms with Crippen molar-refractivity contribution in [1.29, 1.82) is 0 Å². The van der Waals surface area contributed by atoms with Gasteiger partial charge < -0.3 is 14.9 Å². The van der Waals surface area contributed by atoms with Crippen LogP contribution in [-0.4, -0.2) is 59.0 Å². The van der Waals surface area contributed by atoms with Crippen LogP contribution in [0.3, 0.4) is 0 Å². The molecule has 4 aliphatic carbocycles. The van der Waals surface area contributed by atoms with E-state index < -0.39 is 0 Å². The maximum atomic E-state index is 13.0. The van der Waals surface area contributed by atoms with Crippen molar-refractivity contribution in [3.63, 3.8) is 0 Å². The molecule has 9 atom stereocenters. The number of amides is 2. The maximum Gasteiger partial charge on any atom is 0.222 e. The molecule has 0 unspecified atom stereocenters. The van der Waals surface area contributed by atoms with Crippen LogP contribution >= 0.6 is 0 Å². The van der Waals surface area contributed by atoms with E-state index in [1.165, 1.54) is 32.1 Å². The zero-order valence-electron chi connectivity index (χ0n) is 23.5. The van der Waals surface area contributed by atoms with Crippen LogP contribution in [-0.2, 0) is 9.59 Å². The minimum Gasteiger partial charge on any atom is -0.393 e. The van der Waals surface area contributed by atoms with E-state index in [1.807, 2.05) is 11.9 Å². The molecule has 5 nitrogen and oxygen atoms in total. The fourth-order valence-corrected chi connectivity index (χ4v) is 9.87. The van der Waals surface area contributed by atoms with Crippen molar-refractivity contribution in [2.75, 3.05) is 20.1 Å². The average Bonchev–Trinajstić information content (AvgIpc) is 3.47. The molecule has 1 heterocycles. The van der Waals surface area contributed by atoms with Crippen molar-refractivity contribution in [2.45, 2.75) is 110 Å². The third kappa shape index (κ3) is 4.35. The van der Waals surface area contributed by atoms with Gasteiger partial charge in [-0.2, -0.15) is 0 Å². The van der Waals surface area contributed by atoms with E-state index in [9.17, 15) is 14.7 Å². The lowest BCUT2D eigenvalue weighted by Crippen LogP contribution is -2.50. The third-order valence-corrected chi connectivity index (χ3v) is 12.2. The highest BCUT2D eigenvalue weighted by atomic mass is 16.3. The standard InChI is InChI=1S/C31H50N2O3/c1-20(6-11-29(36)33-17-14-23(19-33)32(5)21(2)34)26-9-10-27-25-8-7-22-18-24(35)12-15-30(22,3)28(25)13-16-31(26,27)4/h7,20,23-28,35H,6,8-19H2,1-5H3/t20-,23+,24+,25+,26-,27+,28+,30+,31-/m1/s1. The first kappa shape index (κ1) is 26.3. The minimum absolute atomic E-state index is 0.0847. The number of likely N-dealkylation sites (tertiary alicyclic amines) is 1. The van der Waals surface area contributed by atoms with Gasteiger partial charge in [-0.25, -0.2) is 0 Å².